The van der Waals surface area contributed by atoms with E-state index in [1.807, 2.05) is 24.3 Å². The number of hydrogen-bond acceptors (Lipinski definition) is 1. The molecule has 0 N–H and O–H groups in total. The van der Waals surface area contributed by atoms with Gasteiger partial charge in [-0.3, -0.25) is 0 Å². The molecule has 0 radical (unpaired) electrons. The van der Waals surface area contributed by atoms with E-state index in [0.29, 0.717) is 5.02 Å². The summed E-state index contributed by atoms with van der Waals surface area (Å²) < 4.78 is 6.16. The maximum atomic E-state index is 6.34. The molecule has 0 bridgehead atoms. The van der Waals surface area contributed by atoms with E-state index in [1.165, 1.54) is 16.5 Å². The van der Waals surface area contributed by atoms with Crippen molar-refractivity contribution in [1.29, 1.82) is 0 Å². The van der Waals surface area contributed by atoms with Crippen LogP contribution in [0.5, 0.6) is 0 Å². The Kier molecular flexibility index (Phi) is 2.91. The Morgan fingerprint density at radius 3 is 2.08 bits per heavy atom. The first kappa shape index (κ1) is 13.6. The molecule has 0 atom stereocenters. The lowest BCUT2D eigenvalue weighted by Crippen LogP contribution is -1.82. The van der Waals surface area contributed by atoms with Crippen LogP contribution >= 0.6 is 11.6 Å². The normalized spacial score (nSPS) is 11.5. The van der Waals surface area contributed by atoms with E-state index in [1.54, 1.807) is 0 Å². The predicted molar refractivity (Wildman–Crippen MR) is 102 cm³/mol. The monoisotopic (exact) mass is 328 g/mol. The van der Waals surface area contributed by atoms with Crippen molar-refractivity contribution >= 4 is 44.3 Å². The molecular weight excluding hydrogens is 316 g/mol. The van der Waals surface area contributed by atoms with Crippen molar-refractivity contribution in [2.45, 2.75) is 0 Å². The summed E-state index contributed by atoms with van der Waals surface area (Å²) in [6.45, 7) is 0. The van der Waals surface area contributed by atoms with Crippen LogP contribution in [0.2, 0.25) is 5.02 Å². The largest absolute Gasteiger partial charge is 0.454 e. The Hall–Kier alpha value is -2.77. The maximum Gasteiger partial charge on any atom is 0.154 e. The Bertz CT molecular complexity index is 1200. The lowest BCUT2D eigenvalue weighted by Gasteiger charge is -2.08. The van der Waals surface area contributed by atoms with Crippen LogP contribution in [0.3, 0.4) is 0 Å². The summed E-state index contributed by atoms with van der Waals surface area (Å²) in [6, 6.07) is 26.9. The van der Waals surface area contributed by atoms with Gasteiger partial charge in [0.1, 0.15) is 5.58 Å². The lowest BCUT2D eigenvalue weighted by atomic mass is 9.95. The van der Waals surface area contributed by atoms with Crippen LogP contribution in [-0.2, 0) is 0 Å². The van der Waals surface area contributed by atoms with Gasteiger partial charge >= 0.3 is 0 Å². The second kappa shape index (κ2) is 5.12. The van der Waals surface area contributed by atoms with E-state index in [-0.39, 0.29) is 0 Å². The van der Waals surface area contributed by atoms with Crippen LogP contribution in [0.4, 0.5) is 0 Å². The summed E-state index contributed by atoms with van der Waals surface area (Å²) >= 11 is 6.34. The van der Waals surface area contributed by atoms with Gasteiger partial charge in [-0.25, -0.2) is 0 Å². The molecule has 4 aromatic carbocycles. The second-order valence-corrected chi connectivity index (χ2v) is 6.34. The molecule has 5 rings (SSSR count). The lowest BCUT2D eigenvalue weighted by molar-refractivity contribution is 0.673. The van der Waals surface area contributed by atoms with Crippen molar-refractivity contribution in [1.82, 2.24) is 0 Å². The van der Waals surface area contributed by atoms with Crippen molar-refractivity contribution in [3.8, 4) is 11.1 Å². The summed E-state index contributed by atoms with van der Waals surface area (Å²) in [5.74, 6) is 0. The highest BCUT2D eigenvalue weighted by Crippen LogP contribution is 2.41. The SMILES string of the molecule is Clc1cccc2c1oc1c3ccccc3c(-c3ccccc3)cc21. The number of benzene rings is 4. The first-order chi connectivity index (χ1) is 11.8. The van der Waals surface area contributed by atoms with Crippen molar-refractivity contribution in [3.63, 3.8) is 0 Å². The summed E-state index contributed by atoms with van der Waals surface area (Å²) in [7, 11) is 0. The number of fused-ring (bicyclic) bond motifs is 5. The Morgan fingerprint density at radius 2 is 1.25 bits per heavy atom. The van der Waals surface area contributed by atoms with Gasteiger partial charge in [0.05, 0.1) is 5.02 Å². The molecule has 1 nitrogen and oxygen atoms in total. The average molecular weight is 329 g/mol. The fourth-order valence-electron chi connectivity index (χ4n) is 3.44. The third-order valence-electron chi connectivity index (χ3n) is 4.54. The Balaban J connectivity index is 2.02. The molecule has 5 aromatic rings. The first-order valence-corrected chi connectivity index (χ1v) is 8.28. The van der Waals surface area contributed by atoms with Gasteiger partial charge in [-0.1, -0.05) is 78.3 Å². The van der Waals surface area contributed by atoms with Crippen molar-refractivity contribution in [2.24, 2.45) is 0 Å². The zero-order valence-electron chi connectivity index (χ0n) is 12.8. The van der Waals surface area contributed by atoms with Gasteiger partial charge in [0.25, 0.3) is 0 Å². The van der Waals surface area contributed by atoms with Crippen molar-refractivity contribution in [3.05, 3.63) is 83.9 Å². The molecule has 0 saturated heterocycles. The topological polar surface area (TPSA) is 13.1 Å². The van der Waals surface area contributed by atoms with Gasteiger partial charge in [0, 0.05) is 16.2 Å². The number of rotatable bonds is 1. The van der Waals surface area contributed by atoms with Crippen molar-refractivity contribution in [2.75, 3.05) is 0 Å². The molecule has 0 amide bonds. The van der Waals surface area contributed by atoms with Crippen LogP contribution in [0.25, 0.3) is 43.8 Å². The highest BCUT2D eigenvalue weighted by Gasteiger charge is 2.15. The minimum atomic E-state index is 0.647. The second-order valence-electron chi connectivity index (χ2n) is 5.93. The fourth-order valence-corrected chi connectivity index (χ4v) is 3.66. The minimum absolute atomic E-state index is 0.647. The third kappa shape index (κ3) is 1.88. The van der Waals surface area contributed by atoms with Gasteiger partial charge in [0.15, 0.2) is 5.58 Å². The Labute approximate surface area is 144 Å². The van der Waals surface area contributed by atoms with Gasteiger partial charge in [-0.05, 0) is 28.6 Å². The summed E-state index contributed by atoms with van der Waals surface area (Å²) in [4.78, 5) is 0. The van der Waals surface area contributed by atoms with E-state index in [2.05, 4.69) is 54.6 Å². The Morgan fingerprint density at radius 1 is 0.583 bits per heavy atom. The van der Waals surface area contributed by atoms with Gasteiger partial charge in [0.2, 0.25) is 0 Å². The molecule has 0 aliphatic rings. The highest BCUT2D eigenvalue weighted by atomic mass is 35.5. The number of hydrogen-bond donors (Lipinski definition) is 0. The van der Waals surface area contributed by atoms with E-state index in [0.717, 1.165) is 27.3 Å². The molecule has 0 aliphatic heterocycles. The van der Waals surface area contributed by atoms with Crippen LogP contribution in [-0.4, -0.2) is 0 Å². The van der Waals surface area contributed by atoms with Crippen LogP contribution in [0.1, 0.15) is 0 Å². The fraction of sp³-hybridized carbons (Fsp3) is 0. The molecule has 0 spiro atoms. The van der Waals surface area contributed by atoms with E-state index in [9.17, 15) is 0 Å². The molecule has 1 heterocycles. The molecule has 24 heavy (non-hydrogen) atoms. The quantitative estimate of drug-likeness (QED) is 0.321. The minimum Gasteiger partial charge on any atom is -0.454 e. The molecule has 2 heteroatoms. The zero-order chi connectivity index (χ0) is 16.1. The standard InChI is InChI=1S/C22H13ClO/c23-20-12-6-11-17-19-13-18(14-7-2-1-3-8-14)15-9-4-5-10-16(15)21(19)24-22(17)20/h1-13H. The predicted octanol–water partition coefficient (Wildman–Crippen LogP) is 7.06. The van der Waals surface area contributed by atoms with Gasteiger partial charge in [-0.15, -0.1) is 0 Å². The molecular formula is C22H13ClO. The number of furan rings is 1. The maximum absolute atomic E-state index is 6.34. The molecule has 114 valence electrons. The highest BCUT2D eigenvalue weighted by molar-refractivity contribution is 6.36. The number of para-hydroxylation sites is 1. The van der Waals surface area contributed by atoms with E-state index >= 15 is 0 Å². The molecule has 0 unspecified atom stereocenters. The van der Waals surface area contributed by atoms with Crippen LogP contribution in [0.15, 0.2) is 83.3 Å². The summed E-state index contributed by atoms with van der Waals surface area (Å²) in [5.41, 5.74) is 4.06. The molecule has 0 saturated carbocycles. The van der Waals surface area contributed by atoms with Gasteiger partial charge < -0.3 is 4.42 Å². The van der Waals surface area contributed by atoms with E-state index in [4.69, 9.17) is 16.0 Å². The summed E-state index contributed by atoms with van der Waals surface area (Å²) in [5, 5.41) is 5.10. The third-order valence-corrected chi connectivity index (χ3v) is 4.84. The number of halogens is 1. The van der Waals surface area contributed by atoms with Gasteiger partial charge in [-0.2, -0.15) is 0 Å². The van der Waals surface area contributed by atoms with Crippen LogP contribution in [0, 0.1) is 0 Å². The zero-order valence-corrected chi connectivity index (χ0v) is 13.5. The average Bonchev–Trinajstić information content (AvgIpc) is 3.02. The summed E-state index contributed by atoms with van der Waals surface area (Å²) in [6.07, 6.45) is 0. The molecule has 1 aromatic heterocycles. The smallest absolute Gasteiger partial charge is 0.154 e. The van der Waals surface area contributed by atoms with Crippen LogP contribution < -0.4 is 0 Å². The van der Waals surface area contributed by atoms with E-state index < -0.39 is 0 Å². The van der Waals surface area contributed by atoms with Crippen molar-refractivity contribution < 1.29 is 4.42 Å². The molecule has 0 aliphatic carbocycles. The first-order valence-electron chi connectivity index (χ1n) is 7.91. The molecule has 0 fully saturated rings.